The first-order chi connectivity index (χ1) is 21.8. The van der Waals surface area contributed by atoms with E-state index in [0.717, 1.165) is 11.3 Å². The highest BCUT2D eigenvalue weighted by molar-refractivity contribution is 7.07. The lowest BCUT2D eigenvalue weighted by Crippen LogP contribution is -2.41. The van der Waals surface area contributed by atoms with Crippen LogP contribution in [0, 0.1) is 0 Å². The van der Waals surface area contributed by atoms with Gasteiger partial charge in [0, 0.05) is 19.2 Å². The van der Waals surface area contributed by atoms with Crippen molar-refractivity contribution in [1.82, 2.24) is 4.57 Å². The van der Waals surface area contributed by atoms with E-state index in [9.17, 15) is 19.2 Å². The van der Waals surface area contributed by atoms with Crippen LogP contribution in [0.1, 0.15) is 34.6 Å². The van der Waals surface area contributed by atoms with Gasteiger partial charge in [0.05, 0.1) is 41.4 Å². The SMILES string of the molecule is C=CCN1C(=O)/C(=c2\sc3n(c2=O)[C@@H](c2ccc(OC(=O)c4ccco4)cc2)C(C(=O)OCCOC)=C(C)N=3)c2ccccc21. The Morgan fingerprint density at radius 2 is 1.82 bits per heavy atom. The summed E-state index contributed by atoms with van der Waals surface area (Å²) in [5.74, 6) is -1.39. The molecule has 0 N–H and O–H groups in total. The number of allylic oxidation sites excluding steroid dienone is 1. The van der Waals surface area contributed by atoms with Gasteiger partial charge in [-0.2, -0.15) is 0 Å². The van der Waals surface area contributed by atoms with E-state index >= 15 is 0 Å². The lowest BCUT2D eigenvalue weighted by atomic mass is 9.96. The molecule has 4 aromatic rings. The zero-order valence-electron chi connectivity index (χ0n) is 24.3. The summed E-state index contributed by atoms with van der Waals surface area (Å²) in [5, 5.41) is 0. The topological polar surface area (TPSA) is 130 Å². The fourth-order valence-electron chi connectivity index (χ4n) is 5.32. The molecule has 2 aliphatic heterocycles. The smallest absolute Gasteiger partial charge is 0.379 e. The van der Waals surface area contributed by atoms with Gasteiger partial charge in [0.2, 0.25) is 5.76 Å². The van der Waals surface area contributed by atoms with Crippen molar-refractivity contribution in [3.05, 3.63) is 127 Å². The predicted octanol–water partition coefficient (Wildman–Crippen LogP) is 3.14. The van der Waals surface area contributed by atoms with Crippen LogP contribution in [0.4, 0.5) is 5.69 Å². The highest BCUT2D eigenvalue weighted by atomic mass is 32.1. The number of carbonyl (C=O) groups is 3. The zero-order valence-corrected chi connectivity index (χ0v) is 25.2. The van der Waals surface area contributed by atoms with Crippen molar-refractivity contribution < 1.29 is 33.0 Å². The number of fused-ring (bicyclic) bond motifs is 2. The van der Waals surface area contributed by atoms with Crippen molar-refractivity contribution >= 4 is 40.4 Å². The first-order valence-corrected chi connectivity index (χ1v) is 14.7. The molecular formula is C33H27N3O8S. The number of esters is 2. The summed E-state index contributed by atoms with van der Waals surface area (Å²) in [7, 11) is 1.49. The third kappa shape index (κ3) is 5.34. The van der Waals surface area contributed by atoms with Gasteiger partial charge in [-0.3, -0.25) is 14.2 Å². The Morgan fingerprint density at radius 3 is 2.53 bits per heavy atom. The van der Waals surface area contributed by atoms with Gasteiger partial charge < -0.3 is 23.5 Å². The van der Waals surface area contributed by atoms with E-state index < -0.39 is 23.5 Å². The maximum atomic E-state index is 14.3. The van der Waals surface area contributed by atoms with Gasteiger partial charge in [-0.05, 0) is 42.8 Å². The number of methoxy groups -OCH3 is 1. The van der Waals surface area contributed by atoms with E-state index in [4.69, 9.17) is 18.6 Å². The summed E-state index contributed by atoms with van der Waals surface area (Å²) in [4.78, 5) is 60.4. The number of benzene rings is 2. The zero-order chi connectivity index (χ0) is 31.7. The molecule has 0 saturated carbocycles. The number of ether oxygens (including phenoxy) is 3. The molecule has 0 bridgehead atoms. The normalized spacial score (nSPS) is 16.6. The van der Waals surface area contributed by atoms with Crippen LogP contribution in [0.15, 0.2) is 105 Å². The van der Waals surface area contributed by atoms with Crippen molar-refractivity contribution in [2.24, 2.45) is 4.99 Å². The molecule has 1 amide bonds. The van der Waals surface area contributed by atoms with Gasteiger partial charge in [0.1, 0.15) is 16.9 Å². The maximum Gasteiger partial charge on any atom is 0.379 e. The molecule has 228 valence electrons. The predicted molar refractivity (Wildman–Crippen MR) is 165 cm³/mol. The summed E-state index contributed by atoms with van der Waals surface area (Å²) in [6.45, 7) is 5.89. The number of rotatable bonds is 9. The lowest BCUT2D eigenvalue weighted by Gasteiger charge is -2.25. The lowest BCUT2D eigenvalue weighted by molar-refractivity contribution is -0.140. The van der Waals surface area contributed by atoms with Crippen molar-refractivity contribution in [1.29, 1.82) is 0 Å². The summed E-state index contributed by atoms with van der Waals surface area (Å²) in [6, 6.07) is 15.8. The maximum absolute atomic E-state index is 14.3. The summed E-state index contributed by atoms with van der Waals surface area (Å²) in [5.41, 5.74) is 2.14. The van der Waals surface area contributed by atoms with E-state index in [1.807, 2.05) is 18.2 Å². The summed E-state index contributed by atoms with van der Waals surface area (Å²) in [6.07, 6.45) is 2.99. The van der Waals surface area contributed by atoms with Crippen LogP contribution in [0.25, 0.3) is 5.57 Å². The van der Waals surface area contributed by atoms with Crippen LogP contribution >= 0.6 is 11.3 Å². The van der Waals surface area contributed by atoms with Crippen molar-refractivity contribution in [2.75, 3.05) is 31.8 Å². The molecule has 0 saturated heterocycles. The third-order valence-electron chi connectivity index (χ3n) is 7.33. The molecule has 0 unspecified atom stereocenters. The van der Waals surface area contributed by atoms with Crippen LogP contribution in [-0.2, 0) is 19.1 Å². The number of hydrogen-bond acceptors (Lipinski definition) is 10. The van der Waals surface area contributed by atoms with Gasteiger partial charge in [-0.1, -0.05) is 47.7 Å². The molecule has 0 spiro atoms. The van der Waals surface area contributed by atoms with Crippen molar-refractivity contribution in [3.8, 4) is 5.75 Å². The van der Waals surface area contributed by atoms with E-state index in [0.29, 0.717) is 27.3 Å². The molecule has 11 nitrogen and oxygen atoms in total. The minimum absolute atomic E-state index is 0.000501. The van der Waals surface area contributed by atoms with Gasteiger partial charge >= 0.3 is 11.9 Å². The second kappa shape index (κ2) is 12.3. The molecule has 2 aliphatic rings. The molecular weight excluding hydrogens is 598 g/mol. The number of furan rings is 1. The van der Waals surface area contributed by atoms with E-state index in [1.54, 1.807) is 54.3 Å². The molecule has 2 aromatic heterocycles. The van der Waals surface area contributed by atoms with Crippen molar-refractivity contribution in [2.45, 2.75) is 13.0 Å². The van der Waals surface area contributed by atoms with E-state index in [2.05, 4.69) is 11.6 Å². The molecule has 1 atom stereocenters. The standard InChI is InChI=1S/C33H27N3O8S/c1-4-15-35-23-9-6-5-8-22(23)26(29(35)37)28-30(38)36-27(25(19(2)34-33(36)45-28)32(40)43-18-17-41-3)20-11-13-21(14-12-20)44-31(39)24-10-7-16-42-24/h4-14,16,27H,1,15,17-18H2,2-3H3/b28-26-/t27-/m0/s1. The second-order valence-electron chi connectivity index (χ2n) is 10.1. The molecule has 0 fully saturated rings. The molecule has 12 heteroatoms. The van der Waals surface area contributed by atoms with Crippen LogP contribution < -0.4 is 24.5 Å². The van der Waals surface area contributed by atoms with Crippen LogP contribution in [-0.4, -0.2) is 49.3 Å². The van der Waals surface area contributed by atoms with E-state index in [-0.39, 0.29) is 52.9 Å². The van der Waals surface area contributed by atoms with Crippen LogP contribution in [0.3, 0.4) is 0 Å². The molecule has 2 aromatic carbocycles. The largest absolute Gasteiger partial charge is 0.460 e. The molecule has 45 heavy (non-hydrogen) atoms. The number of carbonyl (C=O) groups excluding carboxylic acids is 3. The number of anilines is 1. The Hall–Kier alpha value is -5.33. The number of thiazole rings is 1. The molecule has 0 aliphatic carbocycles. The fourth-order valence-corrected chi connectivity index (χ4v) is 6.46. The minimum atomic E-state index is -0.948. The minimum Gasteiger partial charge on any atom is -0.460 e. The molecule has 4 heterocycles. The Bertz CT molecular complexity index is 2040. The first-order valence-electron chi connectivity index (χ1n) is 13.9. The van der Waals surface area contributed by atoms with Crippen molar-refractivity contribution in [3.63, 3.8) is 0 Å². The number of aromatic nitrogens is 1. The Kier molecular flexibility index (Phi) is 8.16. The second-order valence-corrected chi connectivity index (χ2v) is 11.0. The van der Waals surface area contributed by atoms with Gasteiger partial charge in [-0.15, -0.1) is 6.58 Å². The highest BCUT2D eigenvalue weighted by Gasteiger charge is 2.37. The number of nitrogens with zero attached hydrogens (tertiary/aromatic N) is 3. The number of para-hydroxylation sites is 1. The Morgan fingerprint density at radius 1 is 1.04 bits per heavy atom. The quantitative estimate of drug-likeness (QED) is 0.120. The van der Waals surface area contributed by atoms with Gasteiger partial charge in [0.15, 0.2) is 4.80 Å². The summed E-state index contributed by atoms with van der Waals surface area (Å²) >= 11 is 1.08. The Balaban J connectivity index is 1.49. The van der Waals surface area contributed by atoms with E-state index in [1.165, 1.54) is 24.0 Å². The monoisotopic (exact) mass is 625 g/mol. The molecule has 0 radical (unpaired) electrons. The average Bonchev–Trinajstić information content (AvgIpc) is 3.75. The average molecular weight is 626 g/mol. The summed E-state index contributed by atoms with van der Waals surface area (Å²) < 4.78 is 22.6. The van der Waals surface area contributed by atoms with Gasteiger partial charge in [-0.25, -0.2) is 14.6 Å². The Labute approximate surface area is 260 Å². The molecule has 6 rings (SSSR count). The number of amides is 1. The highest BCUT2D eigenvalue weighted by Crippen LogP contribution is 2.36. The first kappa shape index (κ1) is 29.7. The van der Waals surface area contributed by atoms with Crippen LogP contribution in [0.5, 0.6) is 5.75 Å². The number of hydrogen-bond donors (Lipinski definition) is 0. The van der Waals surface area contributed by atoms with Gasteiger partial charge in [0.25, 0.3) is 11.5 Å². The van der Waals surface area contributed by atoms with Crippen LogP contribution in [0.2, 0.25) is 0 Å². The third-order valence-corrected chi connectivity index (χ3v) is 8.38. The fraction of sp³-hybridized carbons (Fsp3) is 0.182.